The summed E-state index contributed by atoms with van der Waals surface area (Å²) in [6.07, 6.45) is 4.23. The van der Waals surface area contributed by atoms with Crippen molar-refractivity contribution in [3.63, 3.8) is 0 Å². The maximum atomic E-state index is 12.7. The highest BCUT2D eigenvalue weighted by Crippen LogP contribution is 2.49. The Morgan fingerprint density at radius 1 is 1.16 bits per heavy atom. The molecule has 31 heavy (non-hydrogen) atoms. The van der Waals surface area contributed by atoms with Gasteiger partial charge in [-0.15, -0.1) is 0 Å². The highest BCUT2D eigenvalue weighted by atomic mass is 16.5. The number of fused-ring (bicyclic) bond motifs is 2. The second-order valence-electron chi connectivity index (χ2n) is 9.29. The zero-order chi connectivity index (χ0) is 22.1. The second kappa shape index (κ2) is 8.89. The van der Waals surface area contributed by atoms with E-state index >= 15 is 0 Å². The van der Waals surface area contributed by atoms with Gasteiger partial charge in [-0.1, -0.05) is 18.6 Å². The van der Waals surface area contributed by atoms with Crippen LogP contribution in [-0.2, 0) is 19.1 Å². The van der Waals surface area contributed by atoms with Crippen LogP contribution in [0.3, 0.4) is 0 Å². The summed E-state index contributed by atoms with van der Waals surface area (Å²) in [4.78, 5) is 39.4. The number of hydrogen-bond donors (Lipinski definition) is 1. The summed E-state index contributed by atoms with van der Waals surface area (Å²) in [5, 5.41) is 3.05. The lowest BCUT2D eigenvalue weighted by atomic mass is 9.84. The molecule has 1 aromatic rings. The standard InChI is InChI=1S/C24H32N2O5/c1-14(19-11-16-8-9-17(19)10-16)25-23(28)15(2)31-24(29)18-12-22(27)26(13-18)20-6-4-5-7-21(20)30-3/h4-7,14-19H,8-13H2,1-3H3,(H,25,28)/t14-,15+,16+,17+,18+,19-/m0/s1. The lowest BCUT2D eigenvalue weighted by Crippen LogP contribution is -2.45. The third kappa shape index (κ3) is 4.41. The molecule has 2 bridgehead atoms. The van der Waals surface area contributed by atoms with E-state index in [-0.39, 0.29) is 30.8 Å². The smallest absolute Gasteiger partial charge is 0.312 e. The molecular weight excluding hydrogens is 396 g/mol. The highest BCUT2D eigenvalue weighted by Gasteiger charge is 2.43. The van der Waals surface area contributed by atoms with Gasteiger partial charge in [0.15, 0.2) is 6.10 Å². The lowest BCUT2D eigenvalue weighted by Gasteiger charge is -2.29. The van der Waals surface area contributed by atoms with Gasteiger partial charge in [0.1, 0.15) is 5.75 Å². The van der Waals surface area contributed by atoms with Crippen molar-refractivity contribution in [1.29, 1.82) is 0 Å². The number of benzene rings is 1. The normalized spacial score (nSPS) is 29.0. The van der Waals surface area contributed by atoms with Crippen LogP contribution >= 0.6 is 0 Å². The number of anilines is 1. The van der Waals surface area contributed by atoms with E-state index in [0.717, 1.165) is 5.92 Å². The molecular formula is C24H32N2O5. The Kier molecular flexibility index (Phi) is 6.21. The van der Waals surface area contributed by atoms with Crippen molar-refractivity contribution in [2.75, 3.05) is 18.6 Å². The van der Waals surface area contributed by atoms with Crippen LogP contribution in [0.1, 0.15) is 46.0 Å². The minimum Gasteiger partial charge on any atom is -0.495 e. The zero-order valence-corrected chi connectivity index (χ0v) is 18.5. The highest BCUT2D eigenvalue weighted by molar-refractivity contribution is 6.00. The molecule has 0 spiro atoms. The van der Waals surface area contributed by atoms with Gasteiger partial charge in [-0.05, 0) is 63.0 Å². The summed E-state index contributed by atoms with van der Waals surface area (Å²) in [6, 6.07) is 7.29. The minimum absolute atomic E-state index is 0.0623. The van der Waals surface area contributed by atoms with Crippen LogP contribution in [0, 0.1) is 23.7 Å². The number of para-hydroxylation sites is 2. The number of hydrogen-bond acceptors (Lipinski definition) is 5. The average Bonchev–Trinajstić information content (AvgIpc) is 3.49. The number of ether oxygens (including phenoxy) is 2. The van der Waals surface area contributed by atoms with Crippen LogP contribution in [0.2, 0.25) is 0 Å². The topological polar surface area (TPSA) is 84.9 Å². The van der Waals surface area contributed by atoms with Crippen molar-refractivity contribution in [2.45, 2.75) is 58.1 Å². The van der Waals surface area contributed by atoms with Gasteiger partial charge in [0.05, 0.1) is 18.7 Å². The molecule has 3 fully saturated rings. The Labute approximate surface area is 183 Å². The fourth-order valence-corrected chi connectivity index (χ4v) is 5.63. The molecule has 1 N–H and O–H groups in total. The maximum Gasteiger partial charge on any atom is 0.312 e. The Balaban J connectivity index is 1.30. The van der Waals surface area contributed by atoms with Crippen molar-refractivity contribution >= 4 is 23.5 Å². The predicted octanol–water partition coefficient (Wildman–Crippen LogP) is 2.92. The van der Waals surface area contributed by atoms with Crippen LogP contribution in [-0.4, -0.2) is 43.6 Å². The fourth-order valence-electron chi connectivity index (χ4n) is 5.63. The first-order valence-corrected chi connectivity index (χ1v) is 11.3. The number of nitrogens with zero attached hydrogens (tertiary/aromatic N) is 1. The van der Waals surface area contributed by atoms with Gasteiger partial charge in [0, 0.05) is 19.0 Å². The summed E-state index contributed by atoms with van der Waals surface area (Å²) in [6.45, 7) is 3.86. The predicted molar refractivity (Wildman–Crippen MR) is 116 cm³/mol. The van der Waals surface area contributed by atoms with Crippen molar-refractivity contribution in [3.8, 4) is 5.75 Å². The molecule has 0 unspecified atom stereocenters. The third-order valence-electron chi connectivity index (χ3n) is 7.30. The van der Waals surface area contributed by atoms with Gasteiger partial charge in [0.25, 0.3) is 5.91 Å². The van der Waals surface area contributed by atoms with E-state index in [1.54, 1.807) is 31.1 Å². The first kappa shape index (κ1) is 21.7. The van der Waals surface area contributed by atoms with Gasteiger partial charge in [-0.3, -0.25) is 14.4 Å². The van der Waals surface area contributed by atoms with E-state index in [2.05, 4.69) is 12.2 Å². The summed E-state index contributed by atoms with van der Waals surface area (Å²) >= 11 is 0. The van der Waals surface area contributed by atoms with Crippen molar-refractivity contribution in [1.82, 2.24) is 5.32 Å². The third-order valence-corrected chi connectivity index (χ3v) is 7.30. The summed E-state index contributed by atoms with van der Waals surface area (Å²) in [7, 11) is 1.54. The largest absolute Gasteiger partial charge is 0.495 e. The molecule has 2 saturated carbocycles. The molecule has 0 aromatic heterocycles. The molecule has 168 valence electrons. The van der Waals surface area contributed by atoms with Crippen LogP contribution in [0.15, 0.2) is 24.3 Å². The Morgan fingerprint density at radius 3 is 2.61 bits per heavy atom. The quantitative estimate of drug-likeness (QED) is 0.675. The van der Waals surface area contributed by atoms with E-state index in [4.69, 9.17) is 9.47 Å². The molecule has 1 saturated heterocycles. The number of nitrogens with one attached hydrogen (secondary N) is 1. The fraction of sp³-hybridized carbons (Fsp3) is 0.625. The first-order chi connectivity index (χ1) is 14.9. The number of rotatable bonds is 7. The van der Waals surface area contributed by atoms with Crippen LogP contribution in [0.5, 0.6) is 5.75 Å². The summed E-state index contributed by atoms with van der Waals surface area (Å²) < 4.78 is 10.8. The van der Waals surface area contributed by atoms with Gasteiger partial charge >= 0.3 is 5.97 Å². The number of amides is 2. The molecule has 7 heteroatoms. The van der Waals surface area contributed by atoms with E-state index in [1.807, 2.05) is 12.1 Å². The summed E-state index contributed by atoms with van der Waals surface area (Å²) in [5.41, 5.74) is 0.635. The molecule has 6 atom stereocenters. The van der Waals surface area contributed by atoms with E-state index < -0.39 is 18.0 Å². The minimum atomic E-state index is -0.885. The Morgan fingerprint density at radius 2 is 1.94 bits per heavy atom. The van der Waals surface area contributed by atoms with Crippen molar-refractivity contribution in [2.24, 2.45) is 23.7 Å². The van der Waals surface area contributed by atoms with Gasteiger partial charge in [-0.2, -0.15) is 0 Å². The molecule has 1 aliphatic heterocycles. The average molecular weight is 429 g/mol. The SMILES string of the molecule is COc1ccccc1N1C[C@H](C(=O)O[C@H](C)C(=O)N[C@@H](C)[C@@H]2C[C@@H]3CC[C@@H]2C3)CC1=O. The molecule has 0 radical (unpaired) electrons. The van der Waals surface area contributed by atoms with Gasteiger partial charge in [0.2, 0.25) is 5.91 Å². The van der Waals surface area contributed by atoms with Gasteiger partial charge in [-0.25, -0.2) is 0 Å². The monoisotopic (exact) mass is 428 g/mol. The first-order valence-electron chi connectivity index (χ1n) is 11.3. The molecule has 3 aliphatic rings. The molecule has 2 aliphatic carbocycles. The molecule has 1 aromatic carbocycles. The van der Waals surface area contributed by atoms with Crippen LogP contribution in [0.25, 0.3) is 0 Å². The molecule has 4 rings (SSSR count). The maximum absolute atomic E-state index is 12.7. The van der Waals surface area contributed by atoms with E-state index in [0.29, 0.717) is 23.3 Å². The summed E-state index contributed by atoms with van der Waals surface area (Å²) in [5.74, 6) is 1.08. The Hall–Kier alpha value is -2.57. The van der Waals surface area contributed by atoms with Crippen molar-refractivity contribution in [3.05, 3.63) is 24.3 Å². The number of methoxy groups -OCH3 is 1. The molecule has 2 amide bonds. The van der Waals surface area contributed by atoms with Crippen molar-refractivity contribution < 1.29 is 23.9 Å². The second-order valence-corrected chi connectivity index (χ2v) is 9.29. The number of carbonyl (C=O) groups is 3. The Bertz CT molecular complexity index is 856. The number of esters is 1. The van der Waals surface area contributed by atoms with Gasteiger partial charge < -0.3 is 19.7 Å². The number of carbonyl (C=O) groups excluding carboxylic acids is 3. The lowest BCUT2D eigenvalue weighted by molar-refractivity contribution is -0.158. The molecule has 7 nitrogen and oxygen atoms in total. The van der Waals surface area contributed by atoms with Crippen LogP contribution < -0.4 is 15.0 Å². The molecule has 1 heterocycles. The van der Waals surface area contributed by atoms with E-state index in [9.17, 15) is 14.4 Å². The van der Waals surface area contributed by atoms with E-state index in [1.165, 1.54) is 25.7 Å². The zero-order valence-electron chi connectivity index (χ0n) is 18.5. The van der Waals surface area contributed by atoms with Crippen LogP contribution in [0.4, 0.5) is 5.69 Å².